The molecule has 0 unspecified atom stereocenters. The van der Waals surface area contributed by atoms with E-state index in [2.05, 4.69) is 22.5 Å². The van der Waals surface area contributed by atoms with Crippen LogP contribution in [-0.4, -0.2) is 75.6 Å². The molecule has 0 aromatic rings. The van der Waals surface area contributed by atoms with E-state index in [0.29, 0.717) is 5.92 Å². The minimum absolute atomic E-state index is 0.210. The molecule has 2 rings (SSSR count). The third-order valence-corrected chi connectivity index (χ3v) is 6.35. The van der Waals surface area contributed by atoms with Gasteiger partial charge in [0, 0.05) is 39.9 Å². The minimum atomic E-state index is 0.210. The Morgan fingerprint density at radius 1 is 1.19 bits per heavy atom. The van der Waals surface area contributed by atoms with Gasteiger partial charge in [-0.25, -0.2) is 0 Å². The molecule has 0 aromatic carbocycles. The van der Waals surface area contributed by atoms with Crippen molar-refractivity contribution >= 4 is 5.96 Å². The van der Waals surface area contributed by atoms with Gasteiger partial charge in [-0.3, -0.25) is 4.99 Å². The highest BCUT2D eigenvalue weighted by Gasteiger charge is 2.31. The van der Waals surface area contributed by atoms with Crippen molar-refractivity contribution in [3.05, 3.63) is 0 Å². The van der Waals surface area contributed by atoms with Gasteiger partial charge in [-0.15, -0.1) is 0 Å². The van der Waals surface area contributed by atoms with Gasteiger partial charge in [-0.2, -0.15) is 0 Å². The predicted octanol–water partition coefficient (Wildman–Crippen LogP) is 2.23. The summed E-state index contributed by atoms with van der Waals surface area (Å²) < 4.78 is 5.19. The van der Waals surface area contributed by atoms with Crippen molar-refractivity contribution in [2.24, 2.45) is 16.3 Å². The first-order valence-corrected chi connectivity index (χ1v) is 11.1. The van der Waals surface area contributed by atoms with Gasteiger partial charge in [-0.05, 0) is 63.5 Å². The van der Waals surface area contributed by atoms with Crippen molar-refractivity contribution < 1.29 is 9.84 Å². The van der Waals surface area contributed by atoms with Gasteiger partial charge in [-0.1, -0.05) is 19.3 Å². The van der Waals surface area contributed by atoms with Crippen LogP contribution in [0, 0.1) is 11.3 Å². The Bertz CT molecular complexity index is 411. The Morgan fingerprint density at radius 2 is 1.93 bits per heavy atom. The molecule has 0 atom stereocenters. The Morgan fingerprint density at radius 3 is 2.56 bits per heavy atom. The van der Waals surface area contributed by atoms with Crippen LogP contribution in [0.25, 0.3) is 0 Å². The van der Waals surface area contributed by atoms with Crippen LogP contribution < -0.4 is 10.6 Å². The number of aliphatic hydroxyl groups is 1. The molecule has 1 saturated carbocycles. The molecule has 0 amide bonds. The van der Waals surface area contributed by atoms with E-state index < -0.39 is 0 Å². The highest BCUT2D eigenvalue weighted by molar-refractivity contribution is 5.79. The summed E-state index contributed by atoms with van der Waals surface area (Å²) >= 11 is 0. The number of methoxy groups -OCH3 is 1. The van der Waals surface area contributed by atoms with E-state index >= 15 is 0 Å². The van der Waals surface area contributed by atoms with Crippen molar-refractivity contribution in [2.45, 2.75) is 58.3 Å². The van der Waals surface area contributed by atoms with Crippen molar-refractivity contribution in [3.8, 4) is 0 Å². The number of likely N-dealkylation sites (tertiary alicyclic amines) is 1. The summed E-state index contributed by atoms with van der Waals surface area (Å²) in [6.07, 6.45) is 9.67. The molecule has 0 aromatic heterocycles. The molecule has 158 valence electrons. The van der Waals surface area contributed by atoms with Gasteiger partial charge in [0.15, 0.2) is 5.96 Å². The largest absolute Gasteiger partial charge is 0.396 e. The predicted molar refractivity (Wildman–Crippen MR) is 112 cm³/mol. The van der Waals surface area contributed by atoms with Crippen molar-refractivity contribution in [1.82, 2.24) is 15.5 Å². The van der Waals surface area contributed by atoms with Crippen LogP contribution in [0.1, 0.15) is 58.3 Å². The molecule has 6 heteroatoms. The number of ether oxygens (including phenoxy) is 1. The van der Waals surface area contributed by atoms with E-state index in [4.69, 9.17) is 9.73 Å². The second kappa shape index (κ2) is 12.6. The van der Waals surface area contributed by atoms with Crippen LogP contribution in [0.5, 0.6) is 0 Å². The van der Waals surface area contributed by atoms with E-state index in [1.165, 1.54) is 58.0 Å². The Kier molecular flexibility index (Phi) is 10.5. The summed E-state index contributed by atoms with van der Waals surface area (Å²) in [6, 6.07) is 0. The van der Waals surface area contributed by atoms with Crippen LogP contribution in [0.4, 0.5) is 0 Å². The average Bonchev–Trinajstić information content (AvgIpc) is 2.70. The molecule has 2 fully saturated rings. The number of hydrogen-bond acceptors (Lipinski definition) is 4. The lowest BCUT2D eigenvalue weighted by atomic mass is 9.72. The first-order valence-electron chi connectivity index (χ1n) is 11.1. The number of aliphatic imine (C=N–C) groups is 1. The Balaban J connectivity index is 1.79. The minimum Gasteiger partial charge on any atom is -0.396 e. The van der Waals surface area contributed by atoms with Gasteiger partial charge in [0.25, 0.3) is 0 Å². The standard InChI is InChI=1S/C21H42N4O2/c1-3-22-20(24-18-21(11-15-26)9-5-4-6-10-21)23-17-19-7-12-25(13-8-19)14-16-27-2/h19,26H,3-18H2,1-2H3,(H2,22,23,24). The molecule has 0 bridgehead atoms. The second-order valence-corrected chi connectivity index (χ2v) is 8.39. The number of piperidine rings is 1. The number of guanidine groups is 1. The molecule has 3 N–H and O–H groups in total. The molecule has 2 aliphatic rings. The number of aliphatic hydroxyl groups excluding tert-OH is 1. The van der Waals surface area contributed by atoms with Gasteiger partial charge in [0.1, 0.15) is 0 Å². The summed E-state index contributed by atoms with van der Waals surface area (Å²) in [5.41, 5.74) is 0.210. The van der Waals surface area contributed by atoms with Gasteiger partial charge >= 0.3 is 0 Å². The van der Waals surface area contributed by atoms with E-state index in [1.54, 1.807) is 7.11 Å². The van der Waals surface area contributed by atoms with E-state index in [9.17, 15) is 5.11 Å². The Hall–Kier alpha value is -0.850. The average molecular weight is 383 g/mol. The fourth-order valence-corrected chi connectivity index (χ4v) is 4.49. The molecule has 1 aliphatic heterocycles. The third kappa shape index (κ3) is 7.96. The zero-order valence-corrected chi connectivity index (χ0v) is 17.6. The van der Waals surface area contributed by atoms with Crippen molar-refractivity contribution in [1.29, 1.82) is 0 Å². The van der Waals surface area contributed by atoms with Gasteiger partial charge in [0.2, 0.25) is 0 Å². The van der Waals surface area contributed by atoms with E-state index in [0.717, 1.165) is 45.2 Å². The molecule has 0 spiro atoms. The quantitative estimate of drug-likeness (QED) is 0.399. The van der Waals surface area contributed by atoms with Gasteiger partial charge < -0.3 is 25.4 Å². The highest BCUT2D eigenvalue weighted by Crippen LogP contribution is 2.39. The maximum atomic E-state index is 9.51. The maximum absolute atomic E-state index is 9.51. The van der Waals surface area contributed by atoms with Crippen LogP contribution in [-0.2, 0) is 4.74 Å². The number of rotatable bonds is 10. The van der Waals surface area contributed by atoms with Crippen LogP contribution in [0.2, 0.25) is 0 Å². The SMILES string of the molecule is CCNC(=NCC1(CCO)CCCCC1)NCC1CCN(CCOC)CC1. The monoisotopic (exact) mass is 382 g/mol. The first-order chi connectivity index (χ1) is 13.2. The maximum Gasteiger partial charge on any atom is 0.191 e. The molecule has 1 aliphatic carbocycles. The summed E-state index contributed by atoms with van der Waals surface area (Å²) in [6.45, 7) is 9.33. The van der Waals surface area contributed by atoms with Crippen LogP contribution >= 0.6 is 0 Å². The lowest BCUT2D eigenvalue weighted by molar-refractivity contribution is 0.120. The zero-order valence-electron chi connectivity index (χ0n) is 17.6. The number of nitrogens with zero attached hydrogens (tertiary/aromatic N) is 2. The molecule has 1 saturated heterocycles. The molecular weight excluding hydrogens is 340 g/mol. The summed E-state index contributed by atoms with van der Waals surface area (Å²) in [7, 11) is 1.77. The smallest absolute Gasteiger partial charge is 0.191 e. The zero-order chi connectivity index (χ0) is 19.4. The Labute approximate surface area is 166 Å². The van der Waals surface area contributed by atoms with Crippen molar-refractivity contribution in [3.63, 3.8) is 0 Å². The van der Waals surface area contributed by atoms with E-state index in [1.807, 2.05) is 0 Å². The number of nitrogens with one attached hydrogen (secondary N) is 2. The highest BCUT2D eigenvalue weighted by atomic mass is 16.5. The molecule has 6 nitrogen and oxygen atoms in total. The summed E-state index contributed by atoms with van der Waals surface area (Å²) in [4.78, 5) is 7.43. The van der Waals surface area contributed by atoms with Gasteiger partial charge in [0.05, 0.1) is 6.61 Å². The van der Waals surface area contributed by atoms with Crippen molar-refractivity contribution in [2.75, 3.05) is 59.6 Å². The molecular formula is C21H42N4O2. The third-order valence-electron chi connectivity index (χ3n) is 6.35. The lowest BCUT2D eigenvalue weighted by Gasteiger charge is -2.36. The molecule has 0 radical (unpaired) electrons. The topological polar surface area (TPSA) is 69.1 Å². The summed E-state index contributed by atoms with van der Waals surface area (Å²) in [5, 5.41) is 16.5. The lowest BCUT2D eigenvalue weighted by Crippen LogP contribution is -2.44. The second-order valence-electron chi connectivity index (χ2n) is 8.39. The van der Waals surface area contributed by atoms with Crippen LogP contribution in [0.3, 0.4) is 0 Å². The first kappa shape index (κ1) is 22.4. The number of hydrogen-bond donors (Lipinski definition) is 3. The molecule has 27 heavy (non-hydrogen) atoms. The molecule has 1 heterocycles. The fourth-order valence-electron chi connectivity index (χ4n) is 4.49. The fraction of sp³-hybridized carbons (Fsp3) is 0.952. The normalized spacial score (nSPS) is 22.0. The van der Waals surface area contributed by atoms with E-state index in [-0.39, 0.29) is 12.0 Å². The van der Waals surface area contributed by atoms with Crippen LogP contribution in [0.15, 0.2) is 4.99 Å². The summed E-state index contributed by atoms with van der Waals surface area (Å²) in [5.74, 6) is 1.66.